The van der Waals surface area contributed by atoms with Crippen LogP contribution in [0.15, 0.2) is 65.7 Å². The molecular formula is C32H41N7O. The quantitative estimate of drug-likeness (QED) is 0.196. The van der Waals surface area contributed by atoms with Crippen LogP contribution in [0.5, 0.6) is 0 Å². The van der Waals surface area contributed by atoms with Crippen molar-refractivity contribution in [1.82, 2.24) is 24.4 Å². The number of nitrogens with zero attached hydrogens (tertiary/aromatic N) is 5. The largest absolute Gasteiger partial charge is 0.384 e. The molecule has 8 heteroatoms. The maximum atomic E-state index is 13.7. The van der Waals surface area contributed by atoms with Gasteiger partial charge in [0.2, 0.25) is 5.95 Å². The topological polar surface area (TPSA) is 88.0 Å². The molecule has 0 radical (unpaired) electrons. The molecule has 8 nitrogen and oxygen atoms in total. The fraction of sp³-hybridized carbons (Fsp3) is 0.438. The zero-order chi connectivity index (χ0) is 27.7. The van der Waals surface area contributed by atoms with Crippen molar-refractivity contribution < 1.29 is 0 Å². The van der Waals surface area contributed by atoms with Crippen molar-refractivity contribution >= 4 is 28.5 Å². The van der Waals surface area contributed by atoms with Crippen molar-refractivity contribution in [2.45, 2.75) is 64.8 Å². The van der Waals surface area contributed by atoms with Crippen molar-refractivity contribution in [3.05, 3.63) is 82.4 Å². The highest BCUT2D eigenvalue weighted by atomic mass is 16.1. The second-order valence-electron chi connectivity index (χ2n) is 10.6. The Bertz CT molecular complexity index is 1430. The average molecular weight is 540 g/mol. The van der Waals surface area contributed by atoms with E-state index in [1.54, 1.807) is 0 Å². The van der Waals surface area contributed by atoms with Crippen LogP contribution in [0.4, 0.5) is 17.5 Å². The number of hydrogen-bond acceptors (Lipinski definition) is 7. The molecule has 1 aromatic carbocycles. The van der Waals surface area contributed by atoms with Crippen LogP contribution < -0.4 is 16.2 Å². The molecule has 3 aromatic heterocycles. The van der Waals surface area contributed by atoms with Crippen LogP contribution >= 0.6 is 0 Å². The van der Waals surface area contributed by atoms with Crippen LogP contribution in [0.3, 0.4) is 0 Å². The first-order valence-electron chi connectivity index (χ1n) is 14.8. The molecule has 5 rings (SSSR count). The van der Waals surface area contributed by atoms with Gasteiger partial charge in [-0.1, -0.05) is 57.0 Å². The second kappa shape index (κ2) is 13.5. The molecule has 3 heterocycles. The lowest BCUT2D eigenvalue weighted by molar-refractivity contribution is 0.298. The van der Waals surface area contributed by atoms with Gasteiger partial charge < -0.3 is 15.5 Å². The van der Waals surface area contributed by atoms with Crippen molar-refractivity contribution in [2.24, 2.45) is 0 Å². The predicted molar refractivity (Wildman–Crippen MR) is 164 cm³/mol. The van der Waals surface area contributed by atoms with E-state index < -0.39 is 0 Å². The Balaban J connectivity index is 1.29. The van der Waals surface area contributed by atoms with E-state index in [2.05, 4.69) is 51.5 Å². The van der Waals surface area contributed by atoms with E-state index in [-0.39, 0.29) is 11.6 Å². The molecule has 4 aromatic rings. The molecule has 1 fully saturated rings. The van der Waals surface area contributed by atoms with Crippen LogP contribution in [0.2, 0.25) is 0 Å². The van der Waals surface area contributed by atoms with E-state index >= 15 is 0 Å². The minimum absolute atomic E-state index is 0.0542. The smallest absolute Gasteiger partial charge is 0.256 e. The summed E-state index contributed by atoms with van der Waals surface area (Å²) >= 11 is 0. The summed E-state index contributed by atoms with van der Waals surface area (Å²) in [5, 5.41) is 7.58. The van der Waals surface area contributed by atoms with Gasteiger partial charge in [-0.2, -0.15) is 4.98 Å². The number of fused-ring (bicyclic) bond motifs is 1. The molecule has 0 spiro atoms. The summed E-state index contributed by atoms with van der Waals surface area (Å²) in [6.07, 6.45) is 10.8. The Labute approximate surface area is 236 Å². The third-order valence-electron chi connectivity index (χ3n) is 7.90. The van der Waals surface area contributed by atoms with E-state index in [1.165, 1.54) is 6.42 Å². The maximum Gasteiger partial charge on any atom is 0.256 e. The maximum absolute atomic E-state index is 13.7. The summed E-state index contributed by atoms with van der Waals surface area (Å²) in [6, 6.07) is 16.2. The highest BCUT2D eigenvalue weighted by Crippen LogP contribution is 2.31. The zero-order valence-electron chi connectivity index (χ0n) is 23.8. The number of unbranched alkanes of at least 4 members (excludes halogenated alkanes) is 1. The summed E-state index contributed by atoms with van der Waals surface area (Å²) in [6.45, 7) is 8.71. The van der Waals surface area contributed by atoms with E-state index in [1.807, 2.05) is 53.4 Å². The van der Waals surface area contributed by atoms with Gasteiger partial charge in [0, 0.05) is 36.2 Å². The monoisotopic (exact) mass is 539 g/mol. The molecule has 1 saturated carbocycles. The lowest BCUT2D eigenvalue weighted by atomic mass is 10.0. The highest BCUT2D eigenvalue weighted by molar-refractivity contribution is 5.76. The van der Waals surface area contributed by atoms with Crippen LogP contribution in [-0.2, 0) is 6.42 Å². The molecule has 0 atom stereocenters. The third-order valence-corrected chi connectivity index (χ3v) is 7.90. The number of aromatic nitrogens is 4. The number of benzene rings is 1. The van der Waals surface area contributed by atoms with E-state index in [0.717, 1.165) is 80.5 Å². The summed E-state index contributed by atoms with van der Waals surface area (Å²) in [4.78, 5) is 30.1. The van der Waals surface area contributed by atoms with Gasteiger partial charge in [0.15, 0.2) is 0 Å². The van der Waals surface area contributed by atoms with Gasteiger partial charge in [0.05, 0.1) is 11.9 Å². The number of rotatable bonds is 13. The molecule has 0 amide bonds. The van der Waals surface area contributed by atoms with E-state index in [9.17, 15) is 4.79 Å². The van der Waals surface area contributed by atoms with Crippen molar-refractivity contribution in [2.75, 3.05) is 36.8 Å². The number of nitrogens with one attached hydrogen (secondary N) is 2. The van der Waals surface area contributed by atoms with Crippen molar-refractivity contribution in [1.29, 1.82) is 0 Å². The molecule has 210 valence electrons. The summed E-state index contributed by atoms with van der Waals surface area (Å²) in [7, 11) is 0. The number of hydrogen-bond donors (Lipinski definition) is 2. The molecule has 0 unspecified atom stereocenters. The van der Waals surface area contributed by atoms with Crippen LogP contribution in [0.1, 0.15) is 69.5 Å². The number of anilines is 3. The summed E-state index contributed by atoms with van der Waals surface area (Å²) in [5.41, 5.74) is 3.65. The Morgan fingerprint density at radius 1 is 0.975 bits per heavy atom. The Kier molecular flexibility index (Phi) is 9.39. The van der Waals surface area contributed by atoms with Gasteiger partial charge in [-0.3, -0.25) is 9.36 Å². The highest BCUT2D eigenvalue weighted by Gasteiger charge is 2.23. The standard InChI is InChI=1S/C32H41N7O/c1-3-38(4-2)19-11-10-18-33-27-16-17-29(34-23-27)36-32-35-22-26-21-25(20-24-12-6-5-7-13-24)31(40)39(30(26)37-32)28-14-8-9-15-28/h5-7,12-13,16-17,21-23,28,33H,3-4,8-11,14-15,18-20H2,1-2H3,(H,34,35,36,37). The molecule has 40 heavy (non-hydrogen) atoms. The van der Waals surface area contributed by atoms with Gasteiger partial charge in [-0.25, -0.2) is 9.97 Å². The molecule has 0 aliphatic heterocycles. The zero-order valence-corrected chi connectivity index (χ0v) is 23.8. The van der Waals surface area contributed by atoms with Gasteiger partial charge in [-0.15, -0.1) is 0 Å². The Morgan fingerprint density at radius 2 is 1.77 bits per heavy atom. The minimum atomic E-state index is 0.0542. The summed E-state index contributed by atoms with van der Waals surface area (Å²) < 4.78 is 1.92. The van der Waals surface area contributed by atoms with Gasteiger partial charge in [-0.05, 0) is 69.1 Å². The first-order valence-corrected chi connectivity index (χ1v) is 14.8. The molecule has 1 aliphatic rings. The fourth-order valence-electron chi connectivity index (χ4n) is 5.60. The first-order chi connectivity index (χ1) is 19.6. The van der Waals surface area contributed by atoms with Gasteiger partial charge in [0.25, 0.3) is 5.56 Å². The molecule has 0 saturated heterocycles. The average Bonchev–Trinajstić information content (AvgIpc) is 3.51. The first kappa shape index (κ1) is 27.8. The molecule has 0 bridgehead atoms. The van der Waals surface area contributed by atoms with Crippen molar-refractivity contribution in [3.8, 4) is 0 Å². The summed E-state index contributed by atoms with van der Waals surface area (Å²) in [5.74, 6) is 1.11. The van der Waals surface area contributed by atoms with Crippen LogP contribution in [0, 0.1) is 0 Å². The van der Waals surface area contributed by atoms with Gasteiger partial charge in [0.1, 0.15) is 11.5 Å². The van der Waals surface area contributed by atoms with E-state index in [4.69, 9.17) is 4.98 Å². The normalized spacial score (nSPS) is 13.8. The fourth-order valence-corrected chi connectivity index (χ4v) is 5.60. The predicted octanol–water partition coefficient (Wildman–Crippen LogP) is 6.17. The number of pyridine rings is 2. The molecular weight excluding hydrogens is 498 g/mol. The van der Waals surface area contributed by atoms with Crippen molar-refractivity contribution in [3.63, 3.8) is 0 Å². The lowest BCUT2D eigenvalue weighted by Gasteiger charge is -2.18. The molecule has 1 aliphatic carbocycles. The van der Waals surface area contributed by atoms with Crippen LogP contribution in [0.25, 0.3) is 11.0 Å². The minimum Gasteiger partial charge on any atom is -0.384 e. The van der Waals surface area contributed by atoms with Gasteiger partial charge >= 0.3 is 0 Å². The SMILES string of the molecule is CCN(CC)CCCCNc1ccc(Nc2ncc3cc(Cc4ccccc4)c(=O)n(C4CCCC4)c3n2)nc1. The lowest BCUT2D eigenvalue weighted by Crippen LogP contribution is -2.28. The Hall–Kier alpha value is -3.78. The molecule has 2 N–H and O–H groups in total. The van der Waals surface area contributed by atoms with Crippen LogP contribution in [-0.4, -0.2) is 50.6 Å². The Morgan fingerprint density at radius 3 is 2.50 bits per heavy atom. The third kappa shape index (κ3) is 6.86. The van der Waals surface area contributed by atoms with E-state index in [0.29, 0.717) is 23.8 Å². The second-order valence-corrected chi connectivity index (χ2v) is 10.6.